The largest absolute Gasteiger partial charge is 0.383 e. The molecule has 110 valence electrons. The van der Waals surface area contributed by atoms with Crippen LogP contribution < -0.4 is 0 Å². The molecule has 1 aromatic heterocycles. The molecule has 0 aliphatic rings. The molecule has 0 atom stereocenters. The molecular weight excluding hydrogens is 290 g/mol. The fourth-order valence-electron chi connectivity index (χ4n) is 1.66. The van der Waals surface area contributed by atoms with Gasteiger partial charge < -0.3 is 4.74 Å². The van der Waals surface area contributed by atoms with Crippen LogP contribution in [0.4, 0.5) is 0 Å². The third kappa shape index (κ3) is 4.17. The number of halogens is 1. The highest BCUT2D eigenvalue weighted by atomic mass is 35.5. The van der Waals surface area contributed by atoms with Crippen LogP contribution in [0.5, 0.6) is 0 Å². The van der Waals surface area contributed by atoms with E-state index in [1.165, 1.54) is 21.4 Å². The Balaban J connectivity index is 2.97. The second-order valence-electron chi connectivity index (χ2n) is 4.33. The minimum Gasteiger partial charge on any atom is -0.383 e. The number of hydrogen-bond donors (Lipinski definition) is 0. The monoisotopic (exact) mass is 309 g/mol. The number of hydrogen-bond acceptors (Lipinski definition) is 4. The summed E-state index contributed by atoms with van der Waals surface area (Å²) in [6.07, 6.45) is 2.85. The second-order valence-corrected chi connectivity index (χ2v) is 6.60. The van der Waals surface area contributed by atoms with Gasteiger partial charge in [0.15, 0.2) is 0 Å². The number of methoxy groups -OCH3 is 1. The van der Waals surface area contributed by atoms with Gasteiger partial charge in [-0.25, -0.2) is 8.42 Å². The highest BCUT2D eigenvalue weighted by Crippen LogP contribution is 2.17. The predicted molar refractivity (Wildman–Crippen MR) is 73.9 cm³/mol. The SMILES string of the molecule is COCCN(C(C)C)S(=O)(=O)c1cnn(CCCl)c1. The number of nitrogens with zero attached hydrogens (tertiary/aromatic N) is 3. The fourth-order valence-corrected chi connectivity index (χ4v) is 3.41. The Hall–Kier alpha value is -0.630. The van der Waals surface area contributed by atoms with Crippen molar-refractivity contribution < 1.29 is 13.2 Å². The van der Waals surface area contributed by atoms with Gasteiger partial charge in [-0.1, -0.05) is 0 Å². The molecule has 0 fully saturated rings. The van der Waals surface area contributed by atoms with Gasteiger partial charge in [0, 0.05) is 31.8 Å². The normalized spacial score (nSPS) is 12.5. The highest BCUT2D eigenvalue weighted by Gasteiger charge is 2.27. The maximum Gasteiger partial charge on any atom is 0.246 e. The minimum absolute atomic E-state index is 0.142. The van der Waals surface area contributed by atoms with E-state index in [1.807, 2.05) is 13.8 Å². The van der Waals surface area contributed by atoms with E-state index < -0.39 is 10.0 Å². The number of aryl methyl sites for hydroxylation is 1. The average Bonchev–Trinajstić information content (AvgIpc) is 2.78. The van der Waals surface area contributed by atoms with Gasteiger partial charge in [-0.05, 0) is 13.8 Å². The lowest BCUT2D eigenvalue weighted by Crippen LogP contribution is -2.39. The number of aromatic nitrogens is 2. The van der Waals surface area contributed by atoms with Gasteiger partial charge in [0.25, 0.3) is 0 Å². The van der Waals surface area contributed by atoms with Crippen molar-refractivity contribution in [3.8, 4) is 0 Å². The standard InChI is InChI=1S/C11H20ClN3O3S/c1-10(2)15(6-7-18-3)19(16,17)11-8-13-14(9-11)5-4-12/h8-10H,4-7H2,1-3H3. The van der Waals surface area contributed by atoms with E-state index in [-0.39, 0.29) is 10.9 Å². The molecular formula is C11H20ClN3O3S. The van der Waals surface area contributed by atoms with Crippen LogP contribution in [0.1, 0.15) is 13.8 Å². The lowest BCUT2D eigenvalue weighted by atomic mass is 10.4. The van der Waals surface area contributed by atoms with Crippen LogP contribution >= 0.6 is 11.6 Å². The van der Waals surface area contributed by atoms with Crippen LogP contribution in [0.3, 0.4) is 0 Å². The van der Waals surface area contributed by atoms with Crippen LogP contribution in [-0.2, 0) is 21.3 Å². The van der Waals surface area contributed by atoms with Crippen LogP contribution in [0, 0.1) is 0 Å². The number of ether oxygens (including phenoxy) is 1. The molecule has 19 heavy (non-hydrogen) atoms. The molecule has 0 amide bonds. The van der Waals surface area contributed by atoms with E-state index >= 15 is 0 Å². The Morgan fingerprint density at radius 2 is 2.21 bits per heavy atom. The summed E-state index contributed by atoms with van der Waals surface area (Å²) in [7, 11) is -2.00. The Labute approximate surface area is 119 Å². The van der Waals surface area contributed by atoms with E-state index in [1.54, 1.807) is 7.11 Å². The Morgan fingerprint density at radius 1 is 1.53 bits per heavy atom. The van der Waals surface area contributed by atoms with Crippen molar-refractivity contribution in [2.24, 2.45) is 0 Å². The van der Waals surface area contributed by atoms with Crippen LogP contribution in [0.2, 0.25) is 0 Å². The molecule has 0 aromatic carbocycles. The van der Waals surface area contributed by atoms with E-state index in [4.69, 9.17) is 16.3 Å². The maximum atomic E-state index is 12.5. The maximum absolute atomic E-state index is 12.5. The van der Waals surface area contributed by atoms with Crippen molar-refractivity contribution in [3.63, 3.8) is 0 Å². The van der Waals surface area contributed by atoms with Crippen LogP contribution in [-0.4, -0.2) is 54.7 Å². The third-order valence-electron chi connectivity index (χ3n) is 2.62. The molecule has 0 aliphatic carbocycles. The quantitative estimate of drug-likeness (QED) is 0.676. The third-order valence-corrected chi connectivity index (χ3v) is 4.82. The summed E-state index contributed by atoms with van der Waals surface area (Å²) < 4.78 is 32.8. The van der Waals surface area contributed by atoms with Gasteiger partial charge in [-0.3, -0.25) is 4.68 Å². The molecule has 0 bridgehead atoms. The molecule has 0 saturated heterocycles. The van der Waals surface area contributed by atoms with Gasteiger partial charge in [-0.2, -0.15) is 9.40 Å². The summed E-state index contributed by atoms with van der Waals surface area (Å²) >= 11 is 5.60. The van der Waals surface area contributed by atoms with Crippen molar-refractivity contribution in [1.82, 2.24) is 14.1 Å². The molecule has 0 saturated carbocycles. The summed E-state index contributed by atoms with van der Waals surface area (Å²) in [5.74, 6) is 0.388. The summed E-state index contributed by atoms with van der Waals surface area (Å²) in [6.45, 7) is 4.81. The molecule has 8 heteroatoms. The first kappa shape index (κ1) is 16.4. The van der Waals surface area contributed by atoms with Gasteiger partial charge in [0.1, 0.15) is 4.90 Å². The van der Waals surface area contributed by atoms with Crippen molar-refractivity contribution in [2.45, 2.75) is 31.3 Å². The Morgan fingerprint density at radius 3 is 2.74 bits per heavy atom. The zero-order valence-electron chi connectivity index (χ0n) is 11.4. The van der Waals surface area contributed by atoms with Crippen molar-refractivity contribution in [3.05, 3.63) is 12.4 Å². The fraction of sp³-hybridized carbons (Fsp3) is 0.727. The van der Waals surface area contributed by atoms with E-state index in [9.17, 15) is 8.42 Å². The minimum atomic E-state index is -3.54. The van der Waals surface area contributed by atoms with Crippen LogP contribution in [0.15, 0.2) is 17.3 Å². The Bertz CT molecular complexity index is 487. The second kappa shape index (κ2) is 7.23. The summed E-state index contributed by atoms with van der Waals surface area (Å²) in [5, 5.41) is 3.99. The highest BCUT2D eigenvalue weighted by molar-refractivity contribution is 7.89. The molecule has 0 aliphatic heterocycles. The van der Waals surface area contributed by atoms with Crippen molar-refractivity contribution >= 4 is 21.6 Å². The lowest BCUT2D eigenvalue weighted by molar-refractivity contribution is 0.171. The zero-order chi connectivity index (χ0) is 14.5. The summed E-state index contributed by atoms with van der Waals surface area (Å²) in [5.41, 5.74) is 0. The van der Waals surface area contributed by atoms with Gasteiger partial charge in [0.2, 0.25) is 10.0 Å². The number of alkyl halides is 1. The zero-order valence-corrected chi connectivity index (χ0v) is 13.0. The summed E-state index contributed by atoms with van der Waals surface area (Å²) in [6, 6.07) is -0.142. The molecule has 0 unspecified atom stereocenters. The molecule has 6 nitrogen and oxygen atoms in total. The lowest BCUT2D eigenvalue weighted by Gasteiger charge is -2.24. The smallest absolute Gasteiger partial charge is 0.246 e. The van der Waals surface area contributed by atoms with Crippen LogP contribution in [0.25, 0.3) is 0 Å². The molecule has 0 spiro atoms. The number of rotatable bonds is 8. The van der Waals surface area contributed by atoms with Crippen molar-refractivity contribution in [1.29, 1.82) is 0 Å². The van der Waals surface area contributed by atoms with E-state index in [2.05, 4.69) is 5.10 Å². The first-order valence-electron chi connectivity index (χ1n) is 6.02. The average molecular weight is 310 g/mol. The van der Waals surface area contributed by atoms with Gasteiger partial charge >= 0.3 is 0 Å². The van der Waals surface area contributed by atoms with Gasteiger partial charge in [0.05, 0.1) is 19.3 Å². The van der Waals surface area contributed by atoms with Crippen molar-refractivity contribution in [2.75, 3.05) is 26.1 Å². The topological polar surface area (TPSA) is 64.4 Å². The van der Waals surface area contributed by atoms with Gasteiger partial charge in [-0.15, -0.1) is 11.6 Å². The molecule has 0 N–H and O–H groups in total. The molecule has 1 heterocycles. The first-order chi connectivity index (χ1) is 8.93. The summed E-state index contributed by atoms with van der Waals surface area (Å²) in [4.78, 5) is 0.183. The molecule has 1 rings (SSSR count). The Kier molecular flexibility index (Phi) is 6.25. The number of sulfonamides is 1. The predicted octanol–water partition coefficient (Wildman–Crippen LogP) is 1.17. The molecule has 1 aromatic rings. The van der Waals surface area contributed by atoms with E-state index in [0.29, 0.717) is 25.6 Å². The molecule has 0 radical (unpaired) electrons. The first-order valence-corrected chi connectivity index (χ1v) is 8.00. The van der Waals surface area contributed by atoms with E-state index in [0.717, 1.165) is 0 Å².